The summed E-state index contributed by atoms with van der Waals surface area (Å²) in [4.78, 5) is 61.9. The molecular weight excluding hydrogens is 737 g/mol. The van der Waals surface area contributed by atoms with Crippen LogP contribution >= 0.6 is 0 Å². The number of hydrogen-bond acceptors (Lipinski definition) is 10. The molecule has 306 valence electrons. The number of halogens is 3. The number of rotatable bonds is 5. The summed E-state index contributed by atoms with van der Waals surface area (Å²) >= 11 is 0. The normalized spacial score (nSPS) is 28.4. The molecule has 4 aliphatic rings. The molecule has 1 aromatic heterocycles. The molecule has 1 saturated carbocycles. The quantitative estimate of drug-likeness (QED) is 0.246. The molecule has 56 heavy (non-hydrogen) atoms. The number of pyridine rings is 1. The van der Waals surface area contributed by atoms with Crippen molar-refractivity contribution in [1.29, 1.82) is 0 Å². The van der Waals surface area contributed by atoms with Gasteiger partial charge in [-0.25, -0.2) is 14.6 Å². The first-order valence-corrected chi connectivity index (χ1v) is 19.3. The zero-order valence-electron chi connectivity index (χ0n) is 32.4. The average molecular weight is 789 g/mol. The van der Waals surface area contributed by atoms with Gasteiger partial charge < -0.3 is 39.6 Å². The monoisotopic (exact) mass is 788 g/mol. The zero-order chi connectivity index (χ0) is 40.6. The van der Waals surface area contributed by atoms with Crippen LogP contribution < -0.4 is 20.1 Å². The van der Waals surface area contributed by atoms with Crippen molar-refractivity contribution in [2.24, 2.45) is 5.92 Å². The van der Waals surface area contributed by atoms with Crippen molar-refractivity contribution < 1.29 is 56.4 Å². The first-order valence-electron chi connectivity index (χ1n) is 19.3. The van der Waals surface area contributed by atoms with E-state index in [-0.39, 0.29) is 49.8 Å². The molecule has 6 rings (SSSR count). The van der Waals surface area contributed by atoms with Crippen LogP contribution in [-0.2, 0) is 23.9 Å². The number of carbonyl (C=O) groups excluding carboxylic acids is 4. The molecule has 6 unspecified atom stereocenters. The fourth-order valence-electron chi connectivity index (χ4n) is 8.28. The predicted octanol–water partition coefficient (Wildman–Crippen LogP) is 5.88. The molecule has 0 radical (unpaired) electrons. The van der Waals surface area contributed by atoms with Gasteiger partial charge >= 0.3 is 18.2 Å². The van der Waals surface area contributed by atoms with Gasteiger partial charge in [-0.15, -0.1) is 0 Å². The summed E-state index contributed by atoms with van der Waals surface area (Å²) in [7, 11) is 0. The number of aryl methyl sites for hydroxylation is 1. The number of fused-ring (bicyclic) bond motifs is 5. The SMILES string of the molecule is CCOC(=O)C12CCC1C=CCCCCCC(NC(=O)OC(C)(C)C)C(=O)N1CC3(CC(O)c4c(c(C)nc5ccc(OCC(F)(F)F)cc45)O3)CC1C(=O)N2. The lowest BCUT2D eigenvalue weighted by Crippen LogP contribution is -2.67. The minimum atomic E-state index is -4.56. The molecule has 3 aliphatic heterocycles. The number of ether oxygens (including phenoxy) is 4. The number of allylic oxidation sites excluding steroid dienone is 1. The summed E-state index contributed by atoms with van der Waals surface area (Å²) in [5, 5.41) is 17.9. The zero-order valence-corrected chi connectivity index (χ0v) is 32.4. The van der Waals surface area contributed by atoms with Gasteiger partial charge in [-0.05, 0) is 84.9 Å². The summed E-state index contributed by atoms with van der Waals surface area (Å²) in [6.07, 6.45) is 1.24. The molecule has 1 spiro atoms. The van der Waals surface area contributed by atoms with E-state index in [1.165, 1.54) is 23.1 Å². The third kappa shape index (κ3) is 8.69. The van der Waals surface area contributed by atoms with Crippen molar-refractivity contribution in [3.05, 3.63) is 41.6 Å². The Labute approximate surface area is 323 Å². The molecule has 1 saturated heterocycles. The topological polar surface area (TPSA) is 166 Å². The Hall–Kier alpha value is -4.60. The highest BCUT2D eigenvalue weighted by Crippen LogP contribution is 2.50. The number of carbonyl (C=O) groups is 4. The number of aliphatic hydroxyl groups excluding tert-OH is 1. The molecule has 1 aromatic carbocycles. The van der Waals surface area contributed by atoms with Crippen LogP contribution in [0.15, 0.2) is 30.4 Å². The van der Waals surface area contributed by atoms with Gasteiger partial charge in [-0.2, -0.15) is 13.2 Å². The maximum absolute atomic E-state index is 14.7. The lowest BCUT2D eigenvalue weighted by molar-refractivity contribution is -0.161. The summed E-state index contributed by atoms with van der Waals surface area (Å²) in [6, 6.07) is 1.97. The first-order chi connectivity index (χ1) is 26.3. The Balaban J connectivity index is 1.38. The third-order valence-electron chi connectivity index (χ3n) is 10.9. The maximum atomic E-state index is 14.7. The highest BCUT2D eigenvalue weighted by molar-refractivity contribution is 5.96. The largest absolute Gasteiger partial charge is 0.484 e. The highest BCUT2D eigenvalue weighted by Gasteiger charge is 2.59. The van der Waals surface area contributed by atoms with E-state index in [4.69, 9.17) is 18.9 Å². The third-order valence-corrected chi connectivity index (χ3v) is 10.9. The molecule has 1 aliphatic carbocycles. The van der Waals surface area contributed by atoms with Crippen LogP contribution in [0, 0.1) is 12.8 Å². The smallest absolute Gasteiger partial charge is 0.422 e. The van der Waals surface area contributed by atoms with E-state index in [1.54, 1.807) is 34.6 Å². The number of nitrogens with zero attached hydrogens (tertiary/aromatic N) is 2. The number of hydrogen-bond donors (Lipinski definition) is 3. The van der Waals surface area contributed by atoms with Crippen LogP contribution in [0.25, 0.3) is 10.9 Å². The van der Waals surface area contributed by atoms with Crippen LogP contribution in [0.2, 0.25) is 0 Å². The van der Waals surface area contributed by atoms with Crippen LogP contribution in [0.4, 0.5) is 18.0 Å². The molecule has 0 bridgehead atoms. The second kappa shape index (κ2) is 15.7. The fraction of sp³-hybridized carbons (Fsp3) is 0.625. The number of esters is 1. The van der Waals surface area contributed by atoms with Crippen LogP contribution in [-0.4, -0.2) is 93.6 Å². The van der Waals surface area contributed by atoms with Crippen LogP contribution in [0.1, 0.15) is 103 Å². The minimum Gasteiger partial charge on any atom is -0.484 e. The van der Waals surface area contributed by atoms with Gasteiger partial charge in [-0.3, -0.25) is 9.59 Å². The van der Waals surface area contributed by atoms with Gasteiger partial charge in [0.15, 0.2) is 6.61 Å². The molecule has 13 nitrogen and oxygen atoms in total. The van der Waals surface area contributed by atoms with E-state index in [1.807, 2.05) is 12.2 Å². The summed E-state index contributed by atoms with van der Waals surface area (Å²) in [5.41, 5.74) is -2.46. The molecular formula is C40H51F3N4O9. The van der Waals surface area contributed by atoms with E-state index in [0.717, 1.165) is 19.3 Å². The van der Waals surface area contributed by atoms with Crippen molar-refractivity contribution in [2.45, 2.75) is 134 Å². The molecule has 16 heteroatoms. The first kappa shape index (κ1) is 41.0. The Morgan fingerprint density at radius 3 is 2.57 bits per heavy atom. The standard InChI is InChI=1S/C40H51F3N4O9/c1-6-53-35(51)39-17-16-24(39)12-10-8-7-9-11-13-28(45-36(52)56-37(3,4)5)34(50)47-21-38(19-29(47)33(49)46-39)20-30(48)31-26-18-25(54-22-40(41,42)43)14-15-27(26)44-23(2)32(31)55-38/h10,12,14-15,18,24,28-30,48H,6-9,11,13,16-17,19-22H2,1-5H3,(H,45,52)(H,46,49). The lowest BCUT2D eigenvalue weighted by Gasteiger charge is -2.47. The summed E-state index contributed by atoms with van der Waals surface area (Å²) < 4.78 is 61.6. The molecule has 4 heterocycles. The number of aliphatic hydroxyl groups is 1. The van der Waals surface area contributed by atoms with Gasteiger partial charge in [0, 0.05) is 29.7 Å². The van der Waals surface area contributed by atoms with E-state index >= 15 is 0 Å². The van der Waals surface area contributed by atoms with Gasteiger partial charge in [0.25, 0.3) is 0 Å². The number of benzene rings is 1. The number of alkyl carbamates (subject to hydrolysis) is 1. The van der Waals surface area contributed by atoms with Crippen molar-refractivity contribution in [3.63, 3.8) is 0 Å². The number of nitrogens with one attached hydrogen (secondary N) is 2. The van der Waals surface area contributed by atoms with Crippen molar-refractivity contribution in [1.82, 2.24) is 20.5 Å². The van der Waals surface area contributed by atoms with Gasteiger partial charge in [0.1, 0.15) is 40.3 Å². The Morgan fingerprint density at radius 1 is 1.12 bits per heavy atom. The molecule has 6 atom stereocenters. The Bertz CT molecular complexity index is 1880. The summed E-state index contributed by atoms with van der Waals surface area (Å²) in [5.74, 6) is -1.97. The summed E-state index contributed by atoms with van der Waals surface area (Å²) in [6.45, 7) is 6.89. The lowest BCUT2D eigenvalue weighted by atomic mass is 9.66. The molecule has 3 N–H and O–H groups in total. The Kier molecular flexibility index (Phi) is 11.5. The molecule has 3 amide bonds. The average Bonchev–Trinajstić information content (AvgIpc) is 3.46. The number of aromatic nitrogens is 1. The van der Waals surface area contributed by atoms with Crippen LogP contribution in [0.5, 0.6) is 11.5 Å². The van der Waals surface area contributed by atoms with Gasteiger partial charge in [-0.1, -0.05) is 25.0 Å². The second-order valence-corrected chi connectivity index (χ2v) is 16.3. The van der Waals surface area contributed by atoms with Crippen molar-refractivity contribution in [3.8, 4) is 11.5 Å². The van der Waals surface area contributed by atoms with E-state index in [2.05, 4.69) is 15.6 Å². The maximum Gasteiger partial charge on any atom is 0.422 e. The molecule has 2 fully saturated rings. The number of alkyl halides is 3. The minimum absolute atomic E-state index is 0.0765. The fourth-order valence-corrected chi connectivity index (χ4v) is 8.28. The Morgan fingerprint density at radius 2 is 1.89 bits per heavy atom. The predicted molar refractivity (Wildman–Crippen MR) is 197 cm³/mol. The van der Waals surface area contributed by atoms with Crippen LogP contribution in [0.3, 0.4) is 0 Å². The van der Waals surface area contributed by atoms with Gasteiger partial charge in [0.2, 0.25) is 11.8 Å². The van der Waals surface area contributed by atoms with E-state index in [0.29, 0.717) is 41.4 Å². The van der Waals surface area contributed by atoms with Crippen molar-refractivity contribution in [2.75, 3.05) is 19.8 Å². The van der Waals surface area contributed by atoms with E-state index in [9.17, 15) is 37.5 Å². The second-order valence-electron chi connectivity index (χ2n) is 16.3. The number of amides is 3. The molecule has 2 aromatic rings. The van der Waals surface area contributed by atoms with E-state index < -0.39 is 71.6 Å². The van der Waals surface area contributed by atoms with Crippen molar-refractivity contribution >= 4 is 34.8 Å². The van der Waals surface area contributed by atoms with Gasteiger partial charge in [0.05, 0.1) is 30.5 Å². The highest BCUT2D eigenvalue weighted by atomic mass is 19.4.